The van der Waals surface area contributed by atoms with E-state index in [-0.39, 0.29) is 0 Å². The molecule has 0 unspecified atom stereocenters. The minimum absolute atomic E-state index is 0.617. The average molecular weight is 238 g/mol. The maximum absolute atomic E-state index is 5.80. The molecule has 0 aliphatic rings. The second-order valence-electron chi connectivity index (χ2n) is 4.57. The molecule has 1 heterocycles. The highest BCUT2D eigenvalue weighted by Gasteiger charge is 2.10. The van der Waals surface area contributed by atoms with E-state index >= 15 is 0 Å². The lowest BCUT2D eigenvalue weighted by molar-refractivity contribution is 0.619. The topological polar surface area (TPSA) is 52.0 Å². The van der Waals surface area contributed by atoms with E-state index in [0.717, 1.165) is 22.2 Å². The Labute approximate surface area is 105 Å². The van der Waals surface area contributed by atoms with Crippen LogP contribution in [0.25, 0.3) is 22.6 Å². The Bertz CT molecular complexity index is 728. The third kappa shape index (κ3) is 1.74. The number of hydrogen-bond donors (Lipinski definition) is 1. The fraction of sp³-hybridized carbons (Fsp3) is 0.133. The average Bonchev–Trinajstić information content (AvgIpc) is 2.73. The van der Waals surface area contributed by atoms with Crippen LogP contribution >= 0.6 is 0 Å². The number of oxazole rings is 1. The number of anilines is 1. The Morgan fingerprint density at radius 1 is 1.11 bits per heavy atom. The van der Waals surface area contributed by atoms with Gasteiger partial charge in [-0.2, -0.15) is 0 Å². The van der Waals surface area contributed by atoms with Crippen molar-refractivity contribution >= 4 is 16.8 Å². The van der Waals surface area contributed by atoms with E-state index in [0.29, 0.717) is 11.6 Å². The lowest BCUT2D eigenvalue weighted by Gasteiger charge is -1.96. The predicted molar refractivity (Wildman–Crippen MR) is 73.3 cm³/mol. The van der Waals surface area contributed by atoms with Crippen LogP contribution in [0.5, 0.6) is 0 Å². The first-order valence-electron chi connectivity index (χ1n) is 5.87. The van der Waals surface area contributed by atoms with Gasteiger partial charge in [0.1, 0.15) is 5.52 Å². The number of rotatable bonds is 1. The van der Waals surface area contributed by atoms with Gasteiger partial charge >= 0.3 is 0 Å². The smallest absolute Gasteiger partial charge is 0.227 e. The summed E-state index contributed by atoms with van der Waals surface area (Å²) >= 11 is 0. The number of aryl methyl sites for hydroxylation is 2. The monoisotopic (exact) mass is 238 g/mol. The van der Waals surface area contributed by atoms with Gasteiger partial charge in [0.15, 0.2) is 5.58 Å². The molecule has 3 aromatic rings. The van der Waals surface area contributed by atoms with Gasteiger partial charge in [0.05, 0.1) is 0 Å². The van der Waals surface area contributed by atoms with Crippen molar-refractivity contribution in [1.29, 1.82) is 0 Å². The van der Waals surface area contributed by atoms with Gasteiger partial charge in [0, 0.05) is 11.3 Å². The summed E-state index contributed by atoms with van der Waals surface area (Å²) in [5, 5.41) is 0. The first-order valence-corrected chi connectivity index (χ1v) is 5.87. The zero-order valence-corrected chi connectivity index (χ0v) is 10.4. The number of hydrogen-bond acceptors (Lipinski definition) is 3. The molecule has 90 valence electrons. The molecule has 0 spiro atoms. The Morgan fingerprint density at radius 3 is 2.72 bits per heavy atom. The Kier molecular flexibility index (Phi) is 2.33. The molecule has 2 aromatic carbocycles. The maximum atomic E-state index is 5.80. The normalized spacial score (nSPS) is 11.0. The van der Waals surface area contributed by atoms with E-state index in [1.165, 1.54) is 5.56 Å². The molecular formula is C15H14N2O. The summed E-state index contributed by atoms with van der Waals surface area (Å²) in [7, 11) is 0. The van der Waals surface area contributed by atoms with Crippen LogP contribution in [0.4, 0.5) is 5.69 Å². The molecular weight excluding hydrogens is 224 g/mol. The number of nitrogens with zero attached hydrogens (tertiary/aromatic N) is 1. The van der Waals surface area contributed by atoms with Crippen molar-refractivity contribution in [3.8, 4) is 11.5 Å². The molecule has 0 aliphatic heterocycles. The fourth-order valence-corrected chi connectivity index (χ4v) is 2.17. The minimum atomic E-state index is 0.617. The summed E-state index contributed by atoms with van der Waals surface area (Å²) in [5.74, 6) is 0.617. The fourth-order valence-electron chi connectivity index (χ4n) is 2.17. The van der Waals surface area contributed by atoms with Crippen molar-refractivity contribution in [3.63, 3.8) is 0 Å². The second kappa shape index (κ2) is 3.88. The zero-order chi connectivity index (χ0) is 12.7. The highest BCUT2D eigenvalue weighted by molar-refractivity contribution is 5.80. The second-order valence-corrected chi connectivity index (χ2v) is 4.57. The Morgan fingerprint density at radius 2 is 1.94 bits per heavy atom. The summed E-state index contributed by atoms with van der Waals surface area (Å²) in [6.45, 7) is 4.09. The molecule has 2 N–H and O–H groups in total. The molecule has 0 bridgehead atoms. The van der Waals surface area contributed by atoms with E-state index in [1.807, 2.05) is 37.3 Å². The number of nitrogens with two attached hydrogens (primary N) is 1. The highest BCUT2D eigenvalue weighted by Crippen LogP contribution is 2.27. The van der Waals surface area contributed by atoms with E-state index in [1.54, 1.807) is 0 Å². The quantitative estimate of drug-likeness (QED) is 0.658. The van der Waals surface area contributed by atoms with Gasteiger partial charge in [0.25, 0.3) is 0 Å². The molecule has 0 saturated carbocycles. The third-order valence-corrected chi connectivity index (χ3v) is 2.96. The lowest BCUT2D eigenvalue weighted by atomic mass is 10.1. The van der Waals surface area contributed by atoms with Crippen LogP contribution in [0.2, 0.25) is 0 Å². The van der Waals surface area contributed by atoms with E-state index in [9.17, 15) is 0 Å². The Hall–Kier alpha value is -2.29. The van der Waals surface area contributed by atoms with Gasteiger partial charge in [-0.25, -0.2) is 4.98 Å². The van der Waals surface area contributed by atoms with Crippen molar-refractivity contribution < 1.29 is 4.42 Å². The summed E-state index contributed by atoms with van der Waals surface area (Å²) in [6.07, 6.45) is 0. The number of fused-ring (bicyclic) bond motifs is 1. The van der Waals surface area contributed by atoms with Crippen molar-refractivity contribution in [1.82, 2.24) is 4.98 Å². The lowest BCUT2D eigenvalue weighted by Crippen LogP contribution is -1.85. The molecule has 18 heavy (non-hydrogen) atoms. The molecule has 0 atom stereocenters. The van der Waals surface area contributed by atoms with Crippen LogP contribution in [0.3, 0.4) is 0 Å². The molecule has 3 rings (SSSR count). The van der Waals surface area contributed by atoms with Crippen molar-refractivity contribution in [2.24, 2.45) is 0 Å². The van der Waals surface area contributed by atoms with Crippen molar-refractivity contribution in [2.45, 2.75) is 13.8 Å². The van der Waals surface area contributed by atoms with Crippen LogP contribution in [0.15, 0.2) is 40.8 Å². The number of benzene rings is 2. The van der Waals surface area contributed by atoms with Crippen LogP contribution in [-0.4, -0.2) is 4.98 Å². The van der Waals surface area contributed by atoms with Gasteiger partial charge in [-0.3, -0.25) is 0 Å². The molecule has 0 fully saturated rings. The van der Waals surface area contributed by atoms with E-state index in [2.05, 4.69) is 18.0 Å². The van der Waals surface area contributed by atoms with Crippen LogP contribution in [-0.2, 0) is 0 Å². The number of aromatic nitrogens is 1. The van der Waals surface area contributed by atoms with Gasteiger partial charge in [-0.05, 0) is 49.2 Å². The van der Waals surface area contributed by atoms with Crippen molar-refractivity contribution in [3.05, 3.63) is 47.5 Å². The SMILES string of the molecule is Cc1cc(C)c2nc(-c3cccc(N)c3)oc2c1. The summed E-state index contributed by atoms with van der Waals surface area (Å²) < 4.78 is 5.80. The summed E-state index contributed by atoms with van der Waals surface area (Å²) in [6, 6.07) is 11.7. The largest absolute Gasteiger partial charge is 0.436 e. The van der Waals surface area contributed by atoms with E-state index in [4.69, 9.17) is 10.2 Å². The third-order valence-electron chi connectivity index (χ3n) is 2.96. The highest BCUT2D eigenvalue weighted by atomic mass is 16.3. The zero-order valence-electron chi connectivity index (χ0n) is 10.4. The molecule has 3 nitrogen and oxygen atoms in total. The molecule has 0 aliphatic carbocycles. The van der Waals surface area contributed by atoms with Crippen LogP contribution in [0, 0.1) is 13.8 Å². The van der Waals surface area contributed by atoms with Gasteiger partial charge in [-0.1, -0.05) is 12.1 Å². The van der Waals surface area contributed by atoms with Gasteiger partial charge < -0.3 is 10.2 Å². The van der Waals surface area contributed by atoms with Crippen molar-refractivity contribution in [2.75, 3.05) is 5.73 Å². The van der Waals surface area contributed by atoms with Gasteiger partial charge in [0.2, 0.25) is 5.89 Å². The first-order chi connectivity index (χ1) is 8.63. The molecule has 0 saturated heterocycles. The maximum Gasteiger partial charge on any atom is 0.227 e. The molecule has 0 radical (unpaired) electrons. The van der Waals surface area contributed by atoms with Crippen LogP contribution in [0.1, 0.15) is 11.1 Å². The van der Waals surface area contributed by atoms with Gasteiger partial charge in [-0.15, -0.1) is 0 Å². The molecule has 3 heteroatoms. The standard InChI is InChI=1S/C15H14N2O/c1-9-6-10(2)14-13(7-9)18-15(17-14)11-4-3-5-12(16)8-11/h3-8H,16H2,1-2H3. The van der Waals surface area contributed by atoms with E-state index < -0.39 is 0 Å². The number of nitrogen functional groups attached to an aromatic ring is 1. The minimum Gasteiger partial charge on any atom is -0.436 e. The first kappa shape index (κ1) is 10.8. The van der Waals surface area contributed by atoms with Crippen LogP contribution < -0.4 is 5.73 Å². The molecule has 1 aromatic heterocycles. The predicted octanol–water partition coefficient (Wildman–Crippen LogP) is 3.69. The molecule has 0 amide bonds. The Balaban J connectivity index is 2.22. The summed E-state index contributed by atoms with van der Waals surface area (Å²) in [4.78, 5) is 4.54. The summed E-state index contributed by atoms with van der Waals surface area (Å²) in [5.41, 5.74) is 11.4.